The summed E-state index contributed by atoms with van der Waals surface area (Å²) in [5, 5.41) is 13.4. The van der Waals surface area contributed by atoms with Crippen molar-refractivity contribution in [1.82, 2.24) is 9.88 Å². The van der Waals surface area contributed by atoms with E-state index in [9.17, 15) is 14.4 Å². The Morgan fingerprint density at radius 3 is 2.90 bits per heavy atom. The number of nitrogens with zero attached hydrogens (tertiary/aromatic N) is 2. The topological polar surface area (TPSA) is 99.6 Å². The summed E-state index contributed by atoms with van der Waals surface area (Å²) < 4.78 is 0. The third-order valence-corrected chi connectivity index (χ3v) is 4.06. The van der Waals surface area contributed by atoms with E-state index in [-0.39, 0.29) is 30.0 Å². The zero-order valence-electron chi connectivity index (χ0n) is 11.7. The van der Waals surface area contributed by atoms with Crippen molar-refractivity contribution in [3.8, 4) is 0 Å². The van der Waals surface area contributed by atoms with E-state index in [1.54, 1.807) is 10.3 Å². The summed E-state index contributed by atoms with van der Waals surface area (Å²) in [7, 11) is 0. The van der Waals surface area contributed by atoms with Crippen molar-refractivity contribution in [2.75, 3.05) is 11.9 Å². The van der Waals surface area contributed by atoms with Gasteiger partial charge in [-0.1, -0.05) is 0 Å². The van der Waals surface area contributed by atoms with Crippen LogP contribution in [0.1, 0.15) is 43.1 Å². The zero-order chi connectivity index (χ0) is 15.4. The lowest BCUT2D eigenvalue weighted by Crippen LogP contribution is -2.44. The van der Waals surface area contributed by atoms with Gasteiger partial charge in [0.1, 0.15) is 5.69 Å². The van der Waals surface area contributed by atoms with Crippen molar-refractivity contribution in [1.29, 1.82) is 0 Å². The van der Waals surface area contributed by atoms with Gasteiger partial charge in [0.25, 0.3) is 5.91 Å². The Morgan fingerprint density at radius 1 is 1.48 bits per heavy atom. The van der Waals surface area contributed by atoms with Gasteiger partial charge in [-0.3, -0.25) is 14.4 Å². The largest absolute Gasteiger partial charge is 0.481 e. The molecule has 1 unspecified atom stereocenters. The molecule has 2 heterocycles. The fourth-order valence-corrected chi connectivity index (χ4v) is 3.14. The Labute approximate surface area is 126 Å². The van der Waals surface area contributed by atoms with Crippen molar-refractivity contribution in [3.63, 3.8) is 0 Å². The second-order valence-corrected chi connectivity index (χ2v) is 5.82. The third kappa shape index (κ3) is 4.01. The number of thiazole rings is 1. The van der Waals surface area contributed by atoms with Crippen LogP contribution in [0.5, 0.6) is 0 Å². The highest BCUT2D eigenvalue weighted by Crippen LogP contribution is 2.24. The molecule has 0 aliphatic carbocycles. The minimum absolute atomic E-state index is 0.0472. The number of carbonyl (C=O) groups excluding carboxylic acids is 2. The van der Waals surface area contributed by atoms with Crippen LogP contribution in [0.3, 0.4) is 0 Å². The number of carbonyl (C=O) groups is 3. The van der Waals surface area contributed by atoms with Gasteiger partial charge in [0.05, 0.1) is 6.42 Å². The number of hydrogen-bond donors (Lipinski definition) is 2. The van der Waals surface area contributed by atoms with Gasteiger partial charge in [0.15, 0.2) is 5.13 Å². The molecule has 1 fully saturated rings. The van der Waals surface area contributed by atoms with E-state index in [1.165, 1.54) is 18.3 Å². The molecule has 2 amide bonds. The van der Waals surface area contributed by atoms with Crippen LogP contribution in [0.4, 0.5) is 5.13 Å². The summed E-state index contributed by atoms with van der Waals surface area (Å²) >= 11 is 1.18. The number of piperidine rings is 1. The average molecular weight is 311 g/mol. The van der Waals surface area contributed by atoms with Gasteiger partial charge >= 0.3 is 5.97 Å². The maximum absolute atomic E-state index is 12.5. The first kappa shape index (κ1) is 15.4. The molecule has 1 aliphatic heterocycles. The number of anilines is 1. The smallest absolute Gasteiger partial charge is 0.305 e. The number of nitrogens with one attached hydrogen (secondary N) is 1. The minimum Gasteiger partial charge on any atom is -0.481 e. The number of aliphatic carboxylic acids is 1. The van der Waals surface area contributed by atoms with Crippen molar-refractivity contribution in [2.45, 2.75) is 38.6 Å². The van der Waals surface area contributed by atoms with Crippen LogP contribution in [-0.2, 0) is 9.59 Å². The number of aromatic nitrogens is 1. The Morgan fingerprint density at radius 2 is 2.24 bits per heavy atom. The van der Waals surface area contributed by atoms with E-state index < -0.39 is 5.97 Å². The molecule has 0 bridgehead atoms. The molecular formula is C13H17N3O4S. The van der Waals surface area contributed by atoms with Crippen LogP contribution >= 0.6 is 11.3 Å². The summed E-state index contributed by atoms with van der Waals surface area (Å²) in [6.45, 7) is 1.92. The van der Waals surface area contributed by atoms with E-state index in [2.05, 4.69) is 10.3 Å². The fourth-order valence-electron chi connectivity index (χ4n) is 2.41. The second kappa shape index (κ2) is 6.66. The normalized spacial score (nSPS) is 18.3. The van der Waals surface area contributed by atoms with Crippen molar-refractivity contribution < 1.29 is 19.5 Å². The number of amides is 2. The molecular weight excluding hydrogens is 294 g/mol. The first-order valence-corrected chi connectivity index (χ1v) is 7.61. The van der Waals surface area contributed by atoms with Crippen molar-refractivity contribution in [2.24, 2.45) is 0 Å². The van der Waals surface area contributed by atoms with Gasteiger partial charge in [-0.25, -0.2) is 4.98 Å². The van der Waals surface area contributed by atoms with Gasteiger partial charge in [-0.15, -0.1) is 11.3 Å². The van der Waals surface area contributed by atoms with E-state index in [0.29, 0.717) is 18.1 Å². The maximum Gasteiger partial charge on any atom is 0.305 e. The van der Waals surface area contributed by atoms with Gasteiger partial charge in [-0.2, -0.15) is 0 Å². The predicted molar refractivity (Wildman–Crippen MR) is 77.3 cm³/mol. The standard InChI is InChI=1S/C13H17N3O4S/c1-8(17)14-13-15-10(7-21-13)12(20)16-5-3-2-4-9(16)6-11(18)19/h7,9H,2-6H2,1H3,(H,18,19)(H,14,15,17). The molecule has 8 heteroatoms. The van der Waals surface area contributed by atoms with Crippen LogP contribution < -0.4 is 5.32 Å². The molecule has 1 aromatic rings. The minimum atomic E-state index is -0.906. The van der Waals surface area contributed by atoms with Crippen molar-refractivity contribution in [3.05, 3.63) is 11.1 Å². The maximum atomic E-state index is 12.5. The molecule has 114 valence electrons. The highest BCUT2D eigenvalue weighted by molar-refractivity contribution is 7.14. The molecule has 0 radical (unpaired) electrons. The Kier molecular flexibility index (Phi) is 4.89. The second-order valence-electron chi connectivity index (χ2n) is 4.97. The summed E-state index contributed by atoms with van der Waals surface area (Å²) in [6.07, 6.45) is 2.44. The molecule has 21 heavy (non-hydrogen) atoms. The zero-order valence-corrected chi connectivity index (χ0v) is 12.5. The highest BCUT2D eigenvalue weighted by atomic mass is 32.1. The number of rotatable bonds is 4. The Balaban J connectivity index is 2.10. The lowest BCUT2D eigenvalue weighted by molar-refractivity contribution is -0.138. The third-order valence-electron chi connectivity index (χ3n) is 3.30. The van der Waals surface area contributed by atoms with Crippen LogP contribution in [-0.4, -0.2) is 45.4 Å². The average Bonchev–Trinajstić information content (AvgIpc) is 2.85. The SMILES string of the molecule is CC(=O)Nc1nc(C(=O)N2CCCCC2CC(=O)O)cs1. The Bertz CT molecular complexity index is 557. The van der Waals surface area contributed by atoms with Crippen LogP contribution in [0, 0.1) is 0 Å². The molecule has 7 nitrogen and oxygen atoms in total. The number of likely N-dealkylation sites (tertiary alicyclic amines) is 1. The summed E-state index contributed by atoms with van der Waals surface area (Å²) in [4.78, 5) is 40.0. The number of carboxylic acid groups (broad SMARTS) is 1. The summed E-state index contributed by atoms with van der Waals surface area (Å²) in [5.41, 5.74) is 0.251. The van der Waals surface area contributed by atoms with Crippen molar-refractivity contribution >= 4 is 34.3 Å². The van der Waals surface area contributed by atoms with Crippen LogP contribution in [0.25, 0.3) is 0 Å². The molecule has 0 saturated carbocycles. The lowest BCUT2D eigenvalue weighted by Gasteiger charge is -2.34. The molecule has 1 aliphatic rings. The van der Waals surface area contributed by atoms with E-state index in [0.717, 1.165) is 12.8 Å². The summed E-state index contributed by atoms with van der Waals surface area (Å²) in [6, 6.07) is -0.283. The van der Waals surface area contributed by atoms with E-state index in [4.69, 9.17) is 5.11 Å². The number of hydrogen-bond acceptors (Lipinski definition) is 5. The van der Waals surface area contributed by atoms with E-state index in [1.807, 2.05) is 0 Å². The first-order chi connectivity index (χ1) is 9.97. The molecule has 2 rings (SSSR count). The quantitative estimate of drug-likeness (QED) is 0.879. The molecule has 0 spiro atoms. The van der Waals surface area contributed by atoms with Crippen LogP contribution in [0.15, 0.2) is 5.38 Å². The molecule has 1 aromatic heterocycles. The van der Waals surface area contributed by atoms with E-state index >= 15 is 0 Å². The molecule has 0 aromatic carbocycles. The van der Waals surface area contributed by atoms with Crippen LogP contribution in [0.2, 0.25) is 0 Å². The fraction of sp³-hybridized carbons (Fsp3) is 0.538. The lowest BCUT2D eigenvalue weighted by atomic mass is 9.99. The van der Waals surface area contributed by atoms with Gasteiger partial charge in [0, 0.05) is 24.9 Å². The molecule has 2 N–H and O–H groups in total. The van der Waals surface area contributed by atoms with Gasteiger partial charge in [0.2, 0.25) is 5.91 Å². The number of carboxylic acids is 1. The summed E-state index contributed by atoms with van der Waals surface area (Å²) in [5.74, 6) is -1.42. The monoisotopic (exact) mass is 311 g/mol. The molecule has 1 atom stereocenters. The first-order valence-electron chi connectivity index (χ1n) is 6.73. The molecule has 1 saturated heterocycles. The Hall–Kier alpha value is -1.96. The van der Waals surface area contributed by atoms with Gasteiger partial charge < -0.3 is 15.3 Å². The van der Waals surface area contributed by atoms with Gasteiger partial charge in [-0.05, 0) is 19.3 Å². The predicted octanol–water partition coefficient (Wildman–Crippen LogP) is 1.57. The highest BCUT2D eigenvalue weighted by Gasteiger charge is 2.30.